The first-order chi connectivity index (χ1) is 18.0. The second-order valence-electron chi connectivity index (χ2n) is 8.98. The second-order valence-corrected chi connectivity index (χ2v) is 11.3. The molecule has 0 aliphatic heterocycles. The molecule has 0 aliphatic rings. The number of aryl methyl sites for hydroxylation is 1. The molecule has 0 spiro atoms. The molecule has 1 N–H and O–H groups in total. The van der Waals surface area contributed by atoms with Crippen molar-refractivity contribution < 1.29 is 22.4 Å². The van der Waals surface area contributed by atoms with Gasteiger partial charge in [0.15, 0.2) is 0 Å². The monoisotopic (exact) mass is 559 g/mol. The molecular formula is C28H31ClFN3O4S. The standard InChI is InChI=1S/C28H31ClFN3O4S/c1-4-31-28(35)26(16-21-8-6-5-7-9-21)32(18-22-12-10-20(2)11-13-22)27(34)19-33(38(3,36)37)23-14-15-25(30)24(29)17-23/h5-15,17,26H,4,16,18-19H2,1-3H3,(H,31,35)/t26-/m1/s1. The Hall–Kier alpha value is -3.43. The molecule has 0 saturated heterocycles. The molecule has 0 fully saturated rings. The van der Waals surface area contributed by atoms with Crippen LogP contribution in [-0.2, 0) is 32.6 Å². The molecule has 1 atom stereocenters. The number of likely N-dealkylation sites (N-methyl/N-ethyl adjacent to an activating group) is 1. The molecule has 38 heavy (non-hydrogen) atoms. The molecule has 3 aromatic carbocycles. The average Bonchev–Trinajstić information content (AvgIpc) is 2.87. The Kier molecular flexibility index (Phi) is 9.88. The molecule has 0 saturated carbocycles. The van der Waals surface area contributed by atoms with E-state index in [1.807, 2.05) is 61.5 Å². The minimum absolute atomic E-state index is 0.0418. The normalized spacial score (nSPS) is 12.0. The van der Waals surface area contributed by atoms with Crippen LogP contribution in [0.15, 0.2) is 72.8 Å². The van der Waals surface area contributed by atoms with Gasteiger partial charge in [-0.3, -0.25) is 13.9 Å². The SMILES string of the molecule is CCNC(=O)[C@@H](Cc1ccccc1)N(Cc1ccc(C)cc1)C(=O)CN(c1ccc(F)c(Cl)c1)S(C)(=O)=O. The molecule has 0 radical (unpaired) electrons. The molecular weight excluding hydrogens is 529 g/mol. The Morgan fingerprint density at radius 3 is 2.24 bits per heavy atom. The maximum Gasteiger partial charge on any atom is 0.244 e. The largest absolute Gasteiger partial charge is 0.355 e. The zero-order chi connectivity index (χ0) is 27.9. The number of sulfonamides is 1. The highest BCUT2D eigenvalue weighted by Crippen LogP contribution is 2.25. The van der Waals surface area contributed by atoms with Gasteiger partial charge in [-0.25, -0.2) is 12.8 Å². The van der Waals surface area contributed by atoms with Gasteiger partial charge in [-0.1, -0.05) is 71.8 Å². The first kappa shape index (κ1) is 29.1. The van der Waals surface area contributed by atoms with Crippen LogP contribution in [0.3, 0.4) is 0 Å². The summed E-state index contributed by atoms with van der Waals surface area (Å²) in [6.07, 6.45) is 1.18. The van der Waals surface area contributed by atoms with E-state index in [1.54, 1.807) is 6.92 Å². The summed E-state index contributed by atoms with van der Waals surface area (Å²) in [4.78, 5) is 28.5. The highest BCUT2D eigenvalue weighted by molar-refractivity contribution is 7.92. The van der Waals surface area contributed by atoms with Gasteiger partial charge in [0.25, 0.3) is 0 Å². The van der Waals surface area contributed by atoms with Gasteiger partial charge in [-0.2, -0.15) is 0 Å². The second kappa shape index (κ2) is 12.9. The first-order valence-corrected chi connectivity index (χ1v) is 14.3. The Labute approximate surface area is 228 Å². The zero-order valence-corrected chi connectivity index (χ0v) is 23.1. The summed E-state index contributed by atoms with van der Waals surface area (Å²) in [5.74, 6) is -1.66. The number of halogens is 2. The maximum absolute atomic E-state index is 13.9. The smallest absolute Gasteiger partial charge is 0.244 e. The maximum atomic E-state index is 13.9. The lowest BCUT2D eigenvalue weighted by Gasteiger charge is -2.33. The van der Waals surface area contributed by atoms with E-state index in [2.05, 4.69) is 5.32 Å². The molecule has 0 heterocycles. The number of rotatable bonds is 11. The first-order valence-electron chi connectivity index (χ1n) is 12.1. The highest BCUT2D eigenvalue weighted by Gasteiger charge is 2.33. The number of hydrogen-bond acceptors (Lipinski definition) is 4. The van der Waals surface area contributed by atoms with Crippen molar-refractivity contribution in [2.24, 2.45) is 0 Å². The van der Waals surface area contributed by atoms with Crippen molar-refractivity contribution in [2.75, 3.05) is 23.7 Å². The summed E-state index contributed by atoms with van der Waals surface area (Å²) in [5, 5.41) is 2.53. The molecule has 0 aromatic heterocycles. The van der Waals surface area contributed by atoms with E-state index in [0.717, 1.165) is 39.4 Å². The third-order valence-electron chi connectivity index (χ3n) is 5.97. The van der Waals surface area contributed by atoms with Gasteiger partial charge in [-0.15, -0.1) is 0 Å². The van der Waals surface area contributed by atoms with E-state index >= 15 is 0 Å². The van der Waals surface area contributed by atoms with Crippen molar-refractivity contribution in [3.8, 4) is 0 Å². The van der Waals surface area contributed by atoms with Crippen molar-refractivity contribution in [3.63, 3.8) is 0 Å². The average molecular weight is 560 g/mol. The van der Waals surface area contributed by atoms with Crippen molar-refractivity contribution >= 4 is 39.1 Å². The molecule has 0 aliphatic carbocycles. The predicted molar refractivity (Wildman–Crippen MR) is 148 cm³/mol. The number of anilines is 1. The third-order valence-corrected chi connectivity index (χ3v) is 7.40. The van der Waals surface area contributed by atoms with Crippen LogP contribution in [-0.4, -0.2) is 50.5 Å². The van der Waals surface area contributed by atoms with Gasteiger partial charge in [0, 0.05) is 19.5 Å². The summed E-state index contributed by atoms with van der Waals surface area (Å²) in [7, 11) is -3.97. The number of nitrogens with one attached hydrogen (secondary N) is 1. The Morgan fingerprint density at radius 2 is 1.66 bits per heavy atom. The van der Waals surface area contributed by atoms with Crippen LogP contribution in [0.1, 0.15) is 23.6 Å². The number of carbonyl (C=O) groups is 2. The van der Waals surface area contributed by atoms with E-state index in [1.165, 1.54) is 11.0 Å². The lowest BCUT2D eigenvalue weighted by atomic mass is 10.0. The van der Waals surface area contributed by atoms with Crippen LogP contribution in [0.4, 0.5) is 10.1 Å². The van der Waals surface area contributed by atoms with Crippen LogP contribution in [0.2, 0.25) is 5.02 Å². The molecule has 10 heteroatoms. The van der Waals surface area contributed by atoms with Gasteiger partial charge in [-0.05, 0) is 43.2 Å². The molecule has 2 amide bonds. The topological polar surface area (TPSA) is 86.8 Å². The van der Waals surface area contributed by atoms with Gasteiger partial charge in [0.05, 0.1) is 17.0 Å². The van der Waals surface area contributed by atoms with Crippen LogP contribution in [0, 0.1) is 12.7 Å². The summed E-state index contributed by atoms with van der Waals surface area (Å²) >= 11 is 5.90. The van der Waals surface area contributed by atoms with E-state index < -0.39 is 34.3 Å². The quantitative estimate of drug-likeness (QED) is 0.379. The molecule has 3 aromatic rings. The fourth-order valence-electron chi connectivity index (χ4n) is 3.99. The van der Waals surface area contributed by atoms with Crippen LogP contribution in [0.5, 0.6) is 0 Å². The van der Waals surface area contributed by atoms with Crippen molar-refractivity contribution in [1.82, 2.24) is 10.2 Å². The van der Waals surface area contributed by atoms with Crippen molar-refractivity contribution in [1.29, 1.82) is 0 Å². The van der Waals surface area contributed by atoms with E-state index in [-0.39, 0.29) is 29.6 Å². The minimum Gasteiger partial charge on any atom is -0.355 e. The van der Waals surface area contributed by atoms with Crippen LogP contribution < -0.4 is 9.62 Å². The summed E-state index contributed by atoms with van der Waals surface area (Å²) in [6, 6.07) is 19.3. The van der Waals surface area contributed by atoms with Gasteiger partial charge >= 0.3 is 0 Å². The summed E-state index contributed by atoms with van der Waals surface area (Å²) in [5.41, 5.74) is 2.70. The number of carbonyl (C=O) groups excluding carboxylic acids is 2. The van der Waals surface area contributed by atoms with Crippen LogP contribution >= 0.6 is 11.6 Å². The fourth-order valence-corrected chi connectivity index (χ4v) is 5.01. The van der Waals surface area contributed by atoms with Gasteiger partial charge < -0.3 is 10.2 Å². The highest BCUT2D eigenvalue weighted by atomic mass is 35.5. The number of nitrogens with zero attached hydrogens (tertiary/aromatic N) is 2. The zero-order valence-electron chi connectivity index (χ0n) is 21.5. The van der Waals surface area contributed by atoms with Crippen molar-refractivity contribution in [3.05, 3.63) is 100 Å². The molecule has 0 bridgehead atoms. The Bertz CT molecular complexity index is 1370. The van der Waals surface area contributed by atoms with Crippen LogP contribution in [0.25, 0.3) is 0 Å². The molecule has 0 unspecified atom stereocenters. The Balaban J connectivity index is 2.04. The van der Waals surface area contributed by atoms with Gasteiger partial charge in [0.1, 0.15) is 18.4 Å². The van der Waals surface area contributed by atoms with E-state index in [0.29, 0.717) is 6.54 Å². The number of hydrogen-bond donors (Lipinski definition) is 1. The van der Waals surface area contributed by atoms with E-state index in [9.17, 15) is 22.4 Å². The van der Waals surface area contributed by atoms with Gasteiger partial charge in [0.2, 0.25) is 21.8 Å². The number of benzene rings is 3. The van der Waals surface area contributed by atoms with E-state index in [4.69, 9.17) is 11.6 Å². The fraction of sp³-hybridized carbons (Fsp3) is 0.286. The van der Waals surface area contributed by atoms with Crippen molar-refractivity contribution in [2.45, 2.75) is 32.9 Å². The predicted octanol–water partition coefficient (Wildman–Crippen LogP) is 4.33. The lowest BCUT2D eigenvalue weighted by molar-refractivity contribution is -0.140. The molecule has 7 nitrogen and oxygen atoms in total. The summed E-state index contributed by atoms with van der Waals surface area (Å²) < 4.78 is 40.1. The molecule has 202 valence electrons. The minimum atomic E-state index is -3.97. The Morgan fingerprint density at radius 1 is 1.00 bits per heavy atom. The number of amides is 2. The lowest BCUT2D eigenvalue weighted by Crippen LogP contribution is -2.53. The molecule has 3 rings (SSSR count). The summed E-state index contributed by atoms with van der Waals surface area (Å²) in [6.45, 7) is 3.57. The third kappa shape index (κ3) is 7.79.